The van der Waals surface area contributed by atoms with Crippen molar-refractivity contribution in [2.75, 3.05) is 5.32 Å². The van der Waals surface area contributed by atoms with Crippen molar-refractivity contribution in [1.82, 2.24) is 4.98 Å². The van der Waals surface area contributed by atoms with Gasteiger partial charge in [0, 0.05) is 16.8 Å². The van der Waals surface area contributed by atoms with Gasteiger partial charge in [-0.1, -0.05) is 19.1 Å². The number of hydrogen-bond donors (Lipinski definition) is 3. The first kappa shape index (κ1) is 20.9. The Balaban J connectivity index is 2.17. The number of nitrogens with one attached hydrogen (secondary N) is 1. The second-order valence-electron chi connectivity index (χ2n) is 6.89. The number of alkyl halides is 3. The third-order valence-electron chi connectivity index (χ3n) is 4.98. The quantitative estimate of drug-likeness (QED) is 0.505. The van der Waals surface area contributed by atoms with E-state index in [0.29, 0.717) is 16.6 Å². The van der Waals surface area contributed by atoms with E-state index in [2.05, 4.69) is 10.3 Å². The number of aliphatic hydroxyl groups is 1. The standard InChI is InChI=1S/C21H20F4N2O2/c1-3-20(29,21(23,24)25)19(13-8-10-15(22)18(28)11-13)27-17-6-4-5-16-14(17)9-7-12(2)26-16/h4-11,19,27-29H,3H2,1-2H3. The van der Waals surface area contributed by atoms with Gasteiger partial charge in [0.05, 0.1) is 11.6 Å². The number of pyridine rings is 1. The smallest absolute Gasteiger partial charge is 0.419 e. The van der Waals surface area contributed by atoms with Gasteiger partial charge in [-0.15, -0.1) is 0 Å². The van der Waals surface area contributed by atoms with Crippen LogP contribution in [0.25, 0.3) is 10.9 Å². The van der Waals surface area contributed by atoms with E-state index in [0.717, 1.165) is 23.9 Å². The lowest BCUT2D eigenvalue weighted by molar-refractivity contribution is -0.267. The van der Waals surface area contributed by atoms with Gasteiger partial charge in [-0.3, -0.25) is 4.98 Å². The number of aromatic hydroxyl groups is 1. The van der Waals surface area contributed by atoms with Crippen LogP contribution in [0.5, 0.6) is 5.75 Å². The number of phenolic OH excluding ortho intramolecular Hbond substituents is 1. The zero-order valence-electron chi connectivity index (χ0n) is 15.8. The average Bonchev–Trinajstić information content (AvgIpc) is 2.66. The van der Waals surface area contributed by atoms with E-state index in [1.807, 2.05) is 0 Å². The minimum absolute atomic E-state index is 0.109. The minimum Gasteiger partial charge on any atom is -0.505 e. The lowest BCUT2D eigenvalue weighted by Gasteiger charge is -2.38. The summed E-state index contributed by atoms with van der Waals surface area (Å²) in [5.74, 6) is -1.77. The molecule has 0 aliphatic carbocycles. The second kappa shape index (κ2) is 7.51. The summed E-state index contributed by atoms with van der Waals surface area (Å²) in [6.07, 6.45) is -5.64. The molecule has 0 bridgehead atoms. The molecular weight excluding hydrogens is 388 g/mol. The number of rotatable bonds is 5. The fourth-order valence-electron chi connectivity index (χ4n) is 3.29. The molecule has 2 atom stereocenters. The summed E-state index contributed by atoms with van der Waals surface area (Å²) in [5.41, 5.74) is -1.64. The van der Waals surface area contributed by atoms with E-state index in [1.54, 1.807) is 37.3 Å². The first-order valence-corrected chi connectivity index (χ1v) is 8.97. The van der Waals surface area contributed by atoms with Gasteiger partial charge < -0.3 is 15.5 Å². The summed E-state index contributed by atoms with van der Waals surface area (Å²) in [6.45, 7) is 3.00. The Morgan fingerprint density at radius 1 is 1.10 bits per heavy atom. The normalized spacial score (nSPS) is 15.1. The molecule has 154 valence electrons. The topological polar surface area (TPSA) is 65.4 Å². The Hall–Kier alpha value is -2.87. The number of aryl methyl sites for hydroxylation is 1. The molecule has 0 aliphatic rings. The van der Waals surface area contributed by atoms with Crippen molar-refractivity contribution in [3.63, 3.8) is 0 Å². The Kier molecular flexibility index (Phi) is 5.40. The summed E-state index contributed by atoms with van der Waals surface area (Å²) in [7, 11) is 0. The molecule has 2 unspecified atom stereocenters. The van der Waals surface area contributed by atoms with Crippen molar-refractivity contribution in [1.29, 1.82) is 0 Å². The highest BCUT2D eigenvalue weighted by atomic mass is 19.4. The SMILES string of the molecule is CCC(O)(C(Nc1cccc2nc(C)ccc12)c1ccc(F)c(O)c1)C(F)(F)F. The minimum atomic E-state index is -4.98. The summed E-state index contributed by atoms with van der Waals surface area (Å²) in [6, 6.07) is 9.52. The summed E-state index contributed by atoms with van der Waals surface area (Å²) < 4.78 is 55.0. The van der Waals surface area contributed by atoms with Gasteiger partial charge >= 0.3 is 6.18 Å². The van der Waals surface area contributed by atoms with Gasteiger partial charge in [0.2, 0.25) is 0 Å². The van der Waals surface area contributed by atoms with E-state index in [4.69, 9.17) is 0 Å². The van der Waals surface area contributed by atoms with E-state index >= 15 is 0 Å². The molecule has 0 radical (unpaired) electrons. The molecule has 0 amide bonds. The predicted molar refractivity (Wildman–Crippen MR) is 102 cm³/mol. The first-order chi connectivity index (χ1) is 13.6. The monoisotopic (exact) mass is 408 g/mol. The van der Waals surface area contributed by atoms with Crippen molar-refractivity contribution in [3.05, 3.63) is 65.6 Å². The molecule has 3 aromatic rings. The molecule has 3 N–H and O–H groups in total. The third kappa shape index (κ3) is 3.85. The molecule has 2 aromatic carbocycles. The van der Waals surface area contributed by atoms with Crippen LogP contribution < -0.4 is 5.32 Å². The van der Waals surface area contributed by atoms with Crippen molar-refractivity contribution in [3.8, 4) is 5.75 Å². The van der Waals surface area contributed by atoms with Crippen molar-refractivity contribution in [2.24, 2.45) is 0 Å². The molecule has 0 aliphatic heterocycles. The largest absolute Gasteiger partial charge is 0.505 e. The molecule has 1 aromatic heterocycles. The van der Waals surface area contributed by atoms with E-state index in [-0.39, 0.29) is 5.56 Å². The Labute approximate surface area is 164 Å². The van der Waals surface area contributed by atoms with Crippen molar-refractivity contribution < 1.29 is 27.8 Å². The van der Waals surface area contributed by atoms with Gasteiger partial charge in [0.1, 0.15) is 0 Å². The van der Waals surface area contributed by atoms with Crippen LogP contribution in [-0.2, 0) is 0 Å². The van der Waals surface area contributed by atoms with Crippen LogP contribution in [0, 0.1) is 12.7 Å². The zero-order valence-corrected chi connectivity index (χ0v) is 15.8. The van der Waals surface area contributed by atoms with Crippen LogP contribution in [0.4, 0.5) is 23.2 Å². The van der Waals surface area contributed by atoms with Gasteiger partial charge in [0.15, 0.2) is 17.2 Å². The van der Waals surface area contributed by atoms with Gasteiger partial charge in [-0.25, -0.2) is 4.39 Å². The fraction of sp³-hybridized carbons (Fsp3) is 0.286. The maximum absolute atomic E-state index is 13.9. The number of nitrogens with zero attached hydrogens (tertiary/aromatic N) is 1. The van der Waals surface area contributed by atoms with Crippen molar-refractivity contribution >= 4 is 16.6 Å². The molecule has 4 nitrogen and oxygen atoms in total. The Bertz CT molecular complexity index is 1040. The van der Waals surface area contributed by atoms with Crippen LogP contribution in [0.2, 0.25) is 0 Å². The van der Waals surface area contributed by atoms with Crippen LogP contribution in [0.3, 0.4) is 0 Å². The molecule has 29 heavy (non-hydrogen) atoms. The Morgan fingerprint density at radius 3 is 2.45 bits per heavy atom. The molecule has 1 heterocycles. The number of hydrogen-bond acceptors (Lipinski definition) is 4. The first-order valence-electron chi connectivity index (χ1n) is 8.97. The van der Waals surface area contributed by atoms with Crippen LogP contribution >= 0.6 is 0 Å². The van der Waals surface area contributed by atoms with E-state index < -0.39 is 35.8 Å². The summed E-state index contributed by atoms with van der Waals surface area (Å²) in [5, 5.41) is 23.6. The van der Waals surface area contributed by atoms with Gasteiger partial charge in [0.25, 0.3) is 0 Å². The van der Waals surface area contributed by atoms with Crippen LogP contribution in [0.1, 0.15) is 30.6 Å². The van der Waals surface area contributed by atoms with Gasteiger partial charge in [-0.05, 0) is 55.3 Å². The lowest BCUT2D eigenvalue weighted by Crippen LogP contribution is -2.52. The summed E-state index contributed by atoms with van der Waals surface area (Å²) in [4.78, 5) is 4.36. The number of anilines is 1. The number of benzene rings is 2. The molecule has 3 rings (SSSR count). The number of fused-ring (bicyclic) bond motifs is 1. The maximum Gasteiger partial charge on any atom is 0.419 e. The lowest BCUT2D eigenvalue weighted by atomic mass is 9.85. The van der Waals surface area contributed by atoms with E-state index in [1.165, 1.54) is 6.92 Å². The predicted octanol–water partition coefficient (Wildman–Crippen LogP) is 5.24. The van der Waals surface area contributed by atoms with Crippen molar-refractivity contribution in [2.45, 2.75) is 38.1 Å². The van der Waals surface area contributed by atoms with E-state index in [9.17, 15) is 27.8 Å². The molecule has 8 heteroatoms. The molecule has 0 saturated carbocycles. The molecule has 0 saturated heterocycles. The number of halogens is 4. The van der Waals surface area contributed by atoms with Gasteiger partial charge in [-0.2, -0.15) is 13.2 Å². The average molecular weight is 408 g/mol. The highest BCUT2D eigenvalue weighted by Gasteiger charge is 2.58. The zero-order chi connectivity index (χ0) is 21.4. The number of aromatic nitrogens is 1. The number of phenols is 1. The van der Waals surface area contributed by atoms with Crippen LogP contribution in [0.15, 0.2) is 48.5 Å². The highest BCUT2D eigenvalue weighted by molar-refractivity contribution is 5.91. The molecule has 0 spiro atoms. The summed E-state index contributed by atoms with van der Waals surface area (Å²) >= 11 is 0. The third-order valence-corrected chi connectivity index (χ3v) is 4.98. The van der Waals surface area contributed by atoms with Crippen LogP contribution in [-0.4, -0.2) is 27.0 Å². The second-order valence-corrected chi connectivity index (χ2v) is 6.89. The molecule has 0 fully saturated rings. The highest BCUT2D eigenvalue weighted by Crippen LogP contribution is 2.45. The Morgan fingerprint density at radius 2 is 1.83 bits per heavy atom. The molecular formula is C21H20F4N2O2. The fourth-order valence-corrected chi connectivity index (χ4v) is 3.29. The maximum atomic E-state index is 13.9.